The maximum atomic E-state index is 13.8. The van der Waals surface area contributed by atoms with Crippen LogP contribution in [0.15, 0.2) is 42.5 Å². The van der Waals surface area contributed by atoms with Gasteiger partial charge in [0.05, 0.1) is 10.5 Å². The molecule has 0 radical (unpaired) electrons. The molecule has 0 spiro atoms. The van der Waals surface area contributed by atoms with Gasteiger partial charge in [0.1, 0.15) is 11.6 Å². The molecule has 136 valence electrons. The van der Waals surface area contributed by atoms with Crippen LogP contribution in [0.1, 0.15) is 15.9 Å². The van der Waals surface area contributed by atoms with Gasteiger partial charge < -0.3 is 4.90 Å². The number of carbonyl (C=O) groups excluding carboxylic acids is 1. The molecule has 1 heterocycles. The second-order valence-electron chi connectivity index (χ2n) is 6.08. The first-order valence-electron chi connectivity index (χ1n) is 8.14. The van der Waals surface area contributed by atoms with Crippen LogP contribution < -0.4 is 0 Å². The lowest BCUT2D eigenvalue weighted by molar-refractivity contribution is -0.385. The number of para-hydroxylation sites is 1. The van der Waals surface area contributed by atoms with Crippen molar-refractivity contribution in [3.8, 4) is 0 Å². The molecule has 0 bridgehead atoms. The number of nitro groups is 1. The summed E-state index contributed by atoms with van der Waals surface area (Å²) < 4.78 is 26.8. The highest BCUT2D eigenvalue weighted by Gasteiger charge is 2.25. The molecular weight excluding hydrogens is 344 g/mol. The lowest BCUT2D eigenvalue weighted by atomic mass is 10.1. The minimum absolute atomic E-state index is 0.0689. The SMILES string of the molecule is O=C(c1ccc(F)cc1F)N1CCN(Cc2ccccc2[N+](=O)[O-])CC1. The molecule has 0 aliphatic carbocycles. The third kappa shape index (κ3) is 3.85. The van der Waals surface area contributed by atoms with Gasteiger partial charge in [0.15, 0.2) is 0 Å². The largest absolute Gasteiger partial charge is 0.336 e. The number of halogens is 2. The Balaban J connectivity index is 1.63. The Morgan fingerprint density at radius 2 is 1.77 bits per heavy atom. The molecule has 1 fully saturated rings. The van der Waals surface area contributed by atoms with Gasteiger partial charge in [-0.3, -0.25) is 19.8 Å². The molecule has 1 aliphatic heterocycles. The highest BCUT2D eigenvalue weighted by atomic mass is 19.1. The number of carbonyl (C=O) groups is 1. The van der Waals surface area contributed by atoms with Gasteiger partial charge in [-0.25, -0.2) is 8.78 Å². The van der Waals surface area contributed by atoms with E-state index in [0.29, 0.717) is 44.4 Å². The van der Waals surface area contributed by atoms with Gasteiger partial charge in [0, 0.05) is 50.4 Å². The van der Waals surface area contributed by atoms with Crippen molar-refractivity contribution in [2.75, 3.05) is 26.2 Å². The molecule has 0 saturated carbocycles. The molecule has 2 aromatic carbocycles. The Hall–Kier alpha value is -2.87. The van der Waals surface area contributed by atoms with Crippen LogP contribution in [0.5, 0.6) is 0 Å². The van der Waals surface area contributed by atoms with Gasteiger partial charge in [0.25, 0.3) is 11.6 Å². The molecule has 6 nitrogen and oxygen atoms in total. The van der Waals surface area contributed by atoms with Crippen LogP contribution in [0.3, 0.4) is 0 Å². The highest BCUT2D eigenvalue weighted by Crippen LogP contribution is 2.21. The van der Waals surface area contributed by atoms with E-state index in [1.165, 1.54) is 11.0 Å². The molecule has 1 aliphatic rings. The first kappa shape index (κ1) is 17.9. The number of nitro benzene ring substituents is 1. The molecule has 26 heavy (non-hydrogen) atoms. The Kier molecular flexibility index (Phi) is 5.22. The number of benzene rings is 2. The lowest BCUT2D eigenvalue weighted by Crippen LogP contribution is -2.48. The summed E-state index contributed by atoms with van der Waals surface area (Å²) in [4.78, 5) is 26.6. The van der Waals surface area contributed by atoms with Gasteiger partial charge in [-0.1, -0.05) is 18.2 Å². The molecule has 2 aromatic rings. The third-order valence-electron chi connectivity index (χ3n) is 4.40. The van der Waals surface area contributed by atoms with Crippen LogP contribution in [0, 0.1) is 21.7 Å². The summed E-state index contributed by atoms with van der Waals surface area (Å²) in [7, 11) is 0. The van der Waals surface area contributed by atoms with Crippen molar-refractivity contribution in [1.29, 1.82) is 0 Å². The fraction of sp³-hybridized carbons (Fsp3) is 0.278. The molecule has 1 saturated heterocycles. The van der Waals surface area contributed by atoms with E-state index in [9.17, 15) is 23.7 Å². The summed E-state index contributed by atoms with van der Waals surface area (Å²) in [6.07, 6.45) is 0. The van der Waals surface area contributed by atoms with Crippen LogP contribution in [0.25, 0.3) is 0 Å². The molecule has 8 heteroatoms. The number of rotatable bonds is 4. The van der Waals surface area contributed by atoms with Crippen LogP contribution >= 0.6 is 0 Å². The van der Waals surface area contributed by atoms with E-state index in [4.69, 9.17) is 0 Å². The van der Waals surface area contributed by atoms with E-state index in [2.05, 4.69) is 0 Å². The average molecular weight is 361 g/mol. The van der Waals surface area contributed by atoms with Crippen molar-refractivity contribution in [2.24, 2.45) is 0 Å². The number of nitrogens with zero attached hydrogens (tertiary/aromatic N) is 3. The van der Waals surface area contributed by atoms with E-state index in [-0.39, 0.29) is 11.3 Å². The Morgan fingerprint density at radius 1 is 1.08 bits per heavy atom. The first-order chi connectivity index (χ1) is 12.5. The summed E-state index contributed by atoms with van der Waals surface area (Å²) in [5.74, 6) is -2.08. The van der Waals surface area contributed by atoms with Crippen LogP contribution in [0.4, 0.5) is 14.5 Å². The van der Waals surface area contributed by atoms with Crippen molar-refractivity contribution in [3.63, 3.8) is 0 Å². The Labute approximate surface area is 148 Å². The quantitative estimate of drug-likeness (QED) is 0.620. The fourth-order valence-corrected chi connectivity index (χ4v) is 3.01. The topological polar surface area (TPSA) is 66.7 Å². The van der Waals surface area contributed by atoms with E-state index in [1.807, 2.05) is 4.90 Å². The number of hydrogen-bond donors (Lipinski definition) is 0. The molecule has 0 unspecified atom stereocenters. The fourth-order valence-electron chi connectivity index (χ4n) is 3.01. The van der Waals surface area contributed by atoms with Crippen LogP contribution in [0.2, 0.25) is 0 Å². The number of hydrogen-bond acceptors (Lipinski definition) is 4. The minimum atomic E-state index is -0.877. The van der Waals surface area contributed by atoms with E-state index < -0.39 is 22.5 Å². The minimum Gasteiger partial charge on any atom is -0.336 e. The third-order valence-corrected chi connectivity index (χ3v) is 4.40. The van der Waals surface area contributed by atoms with Crippen molar-refractivity contribution in [3.05, 3.63) is 75.3 Å². The lowest BCUT2D eigenvalue weighted by Gasteiger charge is -2.34. The summed E-state index contributed by atoms with van der Waals surface area (Å²) in [5.41, 5.74) is 0.528. The van der Waals surface area contributed by atoms with Gasteiger partial charge >= 0.3 is 0 Å². The predicted octanol–water partition coefficient (Wildman–Crippen LogP) is 2.83. The van der Waals surface area contributed by atoms with E-state index in [0.717, 1.165) is 12.1 Å². The molecule has 0 aromatic heterocycles. The summed E-state index contributed by atoms with van der Waals surface area (Å²) >= 11 is 0. The normalized spacial score (nSPS) is 15.1. The maximum Gasteiger partial charge on any atom is 0.273 e. The monoisotopic (exact) mass is 361 g/mol. The van der Waals surface area contributed by atoms with Gasteiger partial charge in [-0.05, 0) is 12.1 Å². The van der Waals surface area contributed by atoms with Gasteiger partial charge in [0.2, 0.25) is 0 Å². The number of piperazine rings is 1. The Bertz CT molecular complexity index is 836. The number of amides is 1. The molecular formula is C18H17F2N3O3. The predicted molar refractivity (Wildman–Crippen MR) is 90.6 cm³/mol. The van der Waals surface area contributed by atoms with Gasteiger partial charge in [-0.2, -0.15) is 0 Å². The van der Waals surface area contributed by atoms with Crippen LogP contribution in [-0.4, -0.2) is 46.8 Å². The first-order valence-corrected chi connectivity index (χ1v) is 8.14. The molecule has 1 amide bonds. The average Bonchev–Trinajstić information content (AvgIpc) is 2.62. The molecule has 3 rings (SSSR count). The summed E-state index contributed by atoms with van der Waals surface area (Å²) in [6.45, 7) is 2.18. The van der Waals surface area contributed by atoms with Gasteiger partial charge in [-0.15, -0.1) is 0 Å². The van der Waals surface area contributed by atoms with Crippen molar-refractivity contribution >= 4 is 11.6 Å². The van der Waals surface area contributed by atoms with Crippen molar-refractivity contribution in [1.82, 2.24) is 9.80 Å². The zero-order chi connectivity index (χ0) is 18.7. The van der Waals surface area contributed by atoms with E-state index >= 15 is 0 Å². The van der Waals surface area contributed by atoms with E-state index in [1.54, 1.807) is 18.2 Å². The second kappa shape index (κ2) is 7.57. The molecule has 0 atom stereocenters. The zero-order valence-corrected chi connectivity index (χ0v) is 13.9. The standard InChI is InChI=1S/C18H17F2N3O3/c19-14-5-6-15(16(20)11-14)18(24)22-9-7-21(8-10-22)12-13-3-1-2-4-17(13)23(25)26/h1-6,11H,7-10,12H2. The smallest absolute Gasteiger partial charge is 0.273 e. The summed E-state index contributed by atoms with van der Waals surface area (Å²) in [5, 5.41) is 11.1. The van der Waals surface area contributed by atoms with Crippen LogP contribution in [-0.2, 0) is 6.54 Å². The zero-order valence-electron chi connectivity index (χ0n) is 13.9. The maximum absolute atomic E-state index is 13.8. The Morgan fingerprint density at radius 3 is 2.42 bits per heavy atom. The second-order valence-corrected chi connectivity index (χ2v) is 6.08. The van der Waals surface area contributed by atoms with Crippen molar-refractivity contribution in [2.45, 2.75) is 6.54 Å². The molecule has 0 N–H and O–H groups in total. The van der Waals surface area contributed by atoms with Crippen molar-refractivity contribution < 1.29 is 18.5 Å². The summed E-state index contributed by atoms with van der Waals surface area (Å²) in [6, 6.07) is 9.44. The highest BCUT2D eigenvalue weighted by molar-refractivity contribution is 5.94.